The van der Waals surface area contributed by atoms with Gasteiger partial charge in [0.25, 0.3) is 0 Å². The molecule has 184 valence electrons. The van der Waals surface area contributed by atoms with Crippen molar-refractivity contribution < 1.29 is 19.7 Å². The maximum Gasteiger partial charge on any atom is 0.336 e. The Hall–Kier alpha value is -3.56. The molecule has 2 aliphatic rings. The van der Waals surface area contributed by atoms with Crippen LogP contribution in [0.1, 0.15) is 47.7 Å². The molecule has 0 spiro atoms. The first-order valence-corrected chi connectivity index (χ1v) is 12.2. The number of anilines is 1. The van der Waals surface area contributed by atoms with E-state index in [0.29, 0.717) is 57.7 Å². The number of carboxylic acids is 1. The molecular formula is C27H28BN3O4S. The molecule has 0 unspecified atom stereocenters. The van der Waals surface area contributed by atoms with Gasteiger partial charge in [-0.15, -0.1) is 0 Å². The Morgan fingerprint density at radius 2 is 1.97 bits per heavy atom. The summed E-state index contributed by atoms with van der Waals surface area (Å²) in [6.45, 7) is 6.98. The number of thiocarbonyl (C=S) groups is 1. The average Bonchev–Trinajstić information content (AvgIpc) is 2.84. The van der Waals surface area contributed by atoms with Crippen LogP contribution in [0.25, 0.3) is 5.57 Å². The van der Waals surface area contributed by atoms with Gasteiger partial charge in [0.1, 0.15) is 17.3 Å². The van der Waals surface area contributed by atoms with Gasteiger partial charge in [0, 0.05) is 41.6 Å². The van der Waals surface area contributed by atoms with E-state index in [1.165, 1.54) is 12.1 Å². The van der Waals surface area contributed by atoms with Crippen molar-refractivity contribution in [3.05, 3.63) is 83.2 Å². The molecule has 1 heterocycles. The zero-order valence-corrected chi connectivity index (χ0v) is 20.9. The van der Waals surface area contributed by atoms with Gasteiger partial charge in [-0.25, -0.2) is 4.79 Å². The van der Waals surface area contributed by atoms with Gasteiger partial charge >= 0.3 is 5.97 Å². The fraction of sp³-hybridized carbons (Fsp3) is 0.259. The van der Waals surface area contributed by atoms with Crippen LogP contribution in [0.4, 0.5) is 5.69 Å². The third-order valence-electron chi connectivity index (χ3n) is 6.37. The number of nitrogens with one attached hydrogen (secondary N) is 3. The quantitative estimate of drug-likeness (QED) is 0.207. The number of hydrogen-bond donors (Lipinski definition) is 5. The lowest BCUT2D eigenvalue weighted by atomic mass is 9.62. The number of ether oxygens (including phenoxy) is 1. The number of hydrogen-bond acceptors (Lipinski definition) is 5. The van der Waals surface area contributed by atoms with E-state index >= 15 is 0 Å². The Labute approximate surface area is 217 Å². The summed E-state index contributed by atoms with van der Waals surface area (Å²) in [4.78, 5) is 12.3. The van der Waals surface area contributed by atoms with Gasteiger partial charge in [-0.2, -0.15) is 0 Å². The van der Waals surface area contributed by atoms with Crippen molar-refractivity contribution in [2.24, 2.45) is 0 Å². The number of phenolic OH excluding ortho intramolecular Hbond substituents is 1. The number of rotatable bonds is 8. The molecule has 0 amide bonds. The van der Waals surface area contributed by atoms with E-state index < -0.39 is 5.97 Å². The average molecular weight is 501 g/mol. The van der Waals surface area contributed by atoms with E-state index in [1.54, 1.807) is 36.4 Å². The number of allylic oxidation sites excluding steroid dienone is 2. The predicted molar refractivity (Wildman–Crippen MR) is 147 cm³/mol. The molecular weight excluding hydrogens is 473 g/mol. The van der Waals surface area contributed by atoms with E-state index in [-0.39, 0.29) is 16.8 Å². The van der Waals surface area contributed by atoms with Crippen LogP contribution in [0, 0.1) is 0 Å². The Balaban J connectivity index is 1.59. The Morgan fingerprint density at radius 3 is 2.61 bits per heavy atom. The van der Waals surface area contributed by atoms with E-state index in [4.69, 9.17) is 24.8 Å². The van der Waals surface area contributed by atoms with Crippen molar-refractivity contribution >= 4 is 42.4 Å². The highest BCUT2D eigenvalue weighted by Gasteiger charge is 2.30. The molecule has 1 fully saturated rings. The Bertz CT molecular complexity index is 1280. The molecule has 0 atom stereocenters. The second-order valence-corrected chi connectivity index (χ2v) is 9.22. The standard InChI is InChI=1S/C27H28BN3O4S/c1-3-18-22(4-2)35-23-15-17(32)7-9-20(23)24(18)19-8-6-16(14-21(19)25(33)34)31-26(36)29-12-13-30-27(28)10-5-11-27/h3-4,6-9,14-15,30,32H,1,5,10-13H2,2H3,(H,33,34)(H2,29,31,36). The SMILES string of the molecule is [B]C1(NCCNC(=S)Nc2ccc(C3=C(C=C)C(=CC)Oc4cc(O)ccc43)c(C(=O)O)c2)CCC1. The van der Waals surface area contributed by atoms with Crippen molar-refractivity contribution in [3.8, 4) is 11.5 Å². The van der Waals surface area contributed by atoms with Gasteiger partial charge in [-0.3, -0.25) is 0 Å². The second-order valence-electron chi connectivity index (χ2n) is 8.81. The highest BCUT2D eigenvalue weighted by molar-refractivity contribution is 7.80. The summed E-state index contributed by atoms with van der Waals surface area (Å²) in [7, 11) is 6.16. The van der Waals surface area contributed by atoms with Crippen LogP contribution in [0.15, 0.2) is 66.5 Å². The Morgan fingerprint density at radius 1 is 1.22 bits per heavy atom. The zero-order chi connectivity index (χ0) is 25.9. The minimum atomic E-state index is -1.09. The molecule has 4 rings (SSSR count). The monoisotopic (exact) mass is 501 g/mol. The van der Waals surface area contributed by atoms with E-state index in [0.717, 1.165) is 19.3 Å². The van der Waals surface area contributed by atoms with Crippen molar-refractivity contribution in [2.45, 2.75) is 31.6 Å². The molecule has 7 nitrogen and oxygen atoms in total. The number of phenols is 1. The fourth-order valence-electron chi connectivity index (χ4n) is 4.37. The van der Waals surface area contributed by atoms with Crippen LogP contribution in [0.5, 0.6) is 11.5 Å². The van der Waals surface area contributed by atoms with Gasteiger partial charge < -0.3 is 30.9 Å². The molecule has 2 radical (unpaired) electrons. The number of benzene rings is 2. The lowest BCUT2D eigenvalue weighted by Gasteiger charge is -2.40. The number of carbonyl (C=O) groups is 1. The number of carboxylic acid groups (broad SMARTS) is 1. The maximum absolute atomic E-state index is 12.3. The molecule has 0 aromatic heterocycles. The van der Waals surface area contributed by atoms with Gasteiger partial charge in [-0.05, 0) is 73.3 Å². The van der Waals surface area contributed by atoms with E-state index in [2.05, 4.69) is 22.5 Å². The van der Waals surface area contributed by atoms with Crippen molar-refractivity contribution in [1.29, 1.82) is 0 Å². The highest BCUT2D eigenvalue weighted by atomic mass is 32.1. The summed E-state index contributed by atoms with van der Waals surface area (Å²) in [6, 6.07) is 9.80. The molecule has 1 aliphatic carbocycles. The lowest BCUT2D eigenvalue weighted by Crippen LogP contribution is -2.53. The van der Waals surface area contributed by atoms with Crippen molar-refractivity contribution in [1.82, 2.24) is 10.6 Å². The highest BCUT2D eigenvalue weighted by Crippen LogP contribution is 2.44. The summed E-state index contributed by atoms with van der Waals surface area (Å²) in [5.74, 6) is -0.0800. The molecule has 2 aromatic rings. The Kier molecular flexibility index (Phi) is 7.52. The topological polar surface area (TPSA) is 103 Å². The minimum absolute atomic E-state index is 0.0501. The third kappa shape index (κ3) is 5.32. The van der Waals surface area contributed by atoms with Gasteiger partial charge in [0.15, 0.2) is 5.11 Å². The first-order chi connectivity index (χ1) is 17.2. The van der Waals surface area contributed by atoms with Gasteiger partial charge in [0.05, 0.1) is 13.4 Å². The zero-order valence-electron chi connectivity index (χ0n) is 20.1. The summed E-state index contributed by atoms with van der Waals surface area (Å²) in [6.07, 6.45) is 6.49. The van der Waals surface area contributed by atoms with Crippen LogP contribution < -0.4 is 20.7 Å². The first kappa shape index (κ1) is 25.5. The van der Waals surface area contributed by atoms with Gasteiger partial charge in [-0.1, -0.05) is 25.1 Å². The molecule has 5 N–H and O–H groups in total. The number of fused-ring (bicyclic) bond motifs is 1. The maximum atomic E-state index is 12.3. The number of aromatic hydroxyl groups is 1. The van der Waals surface area contributed by atoms with Crippen LogP contribution in [0.2, 0.25) is 0 Å². The van der Waals surface area contributed by atoms with Crippen LogP contribution >= 0.6 is 12.2 Å². The smallest absolute Gasteiger partial charge is 0.336 e. The largest absolute Gasteiger partial charge is 0.508 e. The fourth-order valence-corrected chi connectivity index (χ4v) is 4.59. The van der Waals surface area contributed by atoms with Crippen LogP contribution in [0.3, 0.4) is 0 Å². The summed E-state index contributed by atoms with van der Waals surface area (Å²) in [5, 5.41) is 29.9. The lowest BCUT2D eigenvalue weighted by molar-refractivity contribution is 0.0696. The van der Waals surface area contributed by atoms with E-state index in [9.17, 15) is 15.0 Å². The van der Waals surface area contributed by atoms with Crippen LogP contribution in [-0.4, -0.2) is 47.7 Å². The summed E-state index contributed by atoms with van der Waals surface area (Å²) < 4.78 is 5.95. The first-order valence-electron chi connectivity index (χ1n) is 11.8. The predicted octanol–water partition coefficient (Wildman–Crippen LogP) is 4.30. The minimum Gasteiger partial charge on any atom is -0.508 e. The molecule has 1 aliphatic heterocycles. The molecule has 1 saturated carbocycles. The molecule has 36 heavy (non-hydrogen) atoms. The second kappa shape index (κ2) is 10.6. The normalized spacial score (nSPS) is 17.0. The molecule has 0 bridgehead atoms. The summed E-state index contributed by atoms with van der Waals surface area (Å²) in [5.41, 5.74) is 2.83. The summed E-state index contributed by atoms with van der Waals surface area (Å²) >= 11 is 5.39. The van der Waals surface area contributed by atoms with Crippen molar-refractivity contribution in [2.75, 3.05) is 18.4 Å². The molecule has 2 aromatic carbocycles. The van der Waals surface area contributed by atoms with Crippen molar-refractivity contribution in [3.63, 3.8) is 0 Å². The third-order valence-corrected chi connectivity index (χ3v) is 6.61. The van der Waals surface area contributed by atoms with Crippen LogP contribution in [-0.2, 0) is 0 Å². The van der Waals surface area contributed by atoms with Gasteiger partial charge in [0.2, 0.25) is 0 Å². The number of aromatic carboxylic acids is 1. The van der Waals surface area contributed by atoms with E-state index in [1.807, 2.05) is 6.92 Å². The molecule has 9 heteroatoms. The molecule has 0 saturated heterocycles.